The maximum atomic E-state index is 4.96. The first-order valence-corrected chi connectivity index (χ1v) is 9.83. The molecule has 0 N–H and O–H groups in total. The molecule has 1 fully saturated rings. The van der Waals surface area contributed by atoms with Crippen molar-refractivity contribution >= 4 is 0 Å². The average Bonchev–Trinajstić information content (AvgIpc) is 3.01. The number of hydrogen-bond donors (Lipinski definition) is 0. The van der Waals surface area contributed by atoms with E-state index in [4.69, 9.17) is 9.97 Å². The summed E-state index contributed by atoms with van der Waals surface area (Å²) in [6, 6.07) is 0. The number of aromatic nitrogens is 4. The van der Waals surface area contributed by atoms with Crippen LogP contribution in [0.5, 0.6) is 0 Å². The Morgan fingerprint density at radius 3 is 2.76 bits per heavy atom. The lowest BCUT2D eigenvalue weighted by atomic mass is 9.88. The van der Waals surface area contributed by atoms with E-state index in [-0.39, 0.29) is 0 Å². The number of rotatable bonds is 4. The first-order chi connectivity index (χ1) is 12.2. The van der Waals surface area contributed by atoms with Gasteiger partial charge in [-0.25, -0.2) is 9.97 Å². The van der Waals surface area contributed by atoms with Gasteiger partial charge in [0.25, 0.3) is 0 Å². The molecule has 0 spiro atoms. The first kappa shape index (κ1) is 16.7. The summed E-state index contributed by atoms with van der Waals surface area (Å²) >= 11 is 0. The highest BCUT2D eigenvalue weighted by Crippen LogP contribution is 2.31. The van der Waals surface area contributed by atoms with Gasteiger partial charge < -0.3 is 0 Å². The van der Waals surface area contributed by atoms with Gasteiger partial charge in [-0.05, 0) is 26.7 Å². The summed E-state index contributed by atoms with van der Waals surface area (Å²) in [6.07, 6.45) is 11.8. The van der Waals surface area contributed by atoms with Gasteiger partial charge in [0.05, 0.1) is 6.20 Å². The van der Waals surface area contributed by atoms with Gasteiger partial charge in [-0.3, -0.25) is 9.58 Å². The van der Waals surface area contributed by atoms with E-state index in [1.165, 1.54) is 54.6 Å². The Kier molecular flexibility index (Phi) is 4.84. The van der Waals surface area contributed by atoms with Crippen molar-refractivity contribution in [3.05, 3.63) is 40.7 Å². The minimum absolute atomic E-state index is 0.597. The SMILES string of the molecule is CCn1ncc(CN2CCc3nc(C4CCCCC4)ncc3C2)c1C. The molecule has 0 aromatic carbocycles. The highest BCUT2D eigenvalue weighted by molar-refractivity contribution is 5.23. The van der Waals surface area contributed by atoms with Crippen LogP contribution in [0.1, 0.15) is 73.3 Å². The Bertz CT molecular complexity index is 730. The fourth-order valence-corrected chi connectivity index (χ4v) is 4.28. The van der Waals surface area contributed by atoms with Crippen molar-refractivity contribution < 1.29 is 0 Å². The lowest BCUT2D eigenvalue weighted by Gasteiger charge is -2.29. The van der Waals surface area contributed by atoms with Crippen molar-refractivity contribution in [1.29, 1.82) is 0 Å². The lowest BCUT2D eigenvalue weighted by molar-refractivity contribution is 0.241. The van der Waals surface area contributed by atoms with Crippen LogP contribution in [0.3, 0.4) is 0 Å². The molecule has 2 aromatic heterocycles. The molecule has 0 saturated heterocycles. The Morgan fingerprint density at radius 2 is 2.00 bits per heavy atom. The van der Waals surface area contributed by atoms with E-state index in [1.807, 2.05) is 6.20 Å². The van der Waals surface area contributed by atoms with Crippen LogP contribution < -0.4 is 0 Å². The zero-order valence-corrected chi connectivity index (χ0v) is 15.5. The molecule has 2 aliphatic rings. The summed E-state index contributed by atoms with van der Waals surface area (Å²) in [5.41, 5.74) is 5.22. The molecule has 0 unspecified atom stereocenters. The summed E-state index contributed by atoms with van der Waals surface area (Å²) in [5, 5.41) is 4.47. The molecule has 5 nitrogen and oxygen atoms in total. The zero-order valence-electron chi connectivity index (χ0n) is 15.5. The van der Waals surface area contributed by atoms with Gasteiger partial charge in [0.1, 0.15) is 5.82 Å². The minimum atomic E-state index is 0.597. The summed E-state index contributed by atoms with van der Waals surface area (Å²) in [7, 11) is 0. The van der Waals surface area contributed by atoms with Crippen molar-refractivity contribution in [2.24, 2.45) is 0 Å². The molecule has 1 aliphatic heterocycles. The van der Waals surface area contributed by atoms with E-state index >= 15 is 0 Å². The fourth-order valence-electron chi connectivity index (χ4n) is 4.28. The fraction of sp³-hybridized carbons (Fsp3) is 0.650. The van der Waals surface area contributed by atoms with Crippen LogP contribution in [0.25, 0.3) is 0 Å². The number of aryl methyl sites for hydroxylation is 1. The molecule has 4 rings (SSSR count). The van der Waals surface area contributed by atoms with Gasteiger partial charge in [0, 0.05) is 67.2 Å². The molecule has 0 atom stereocenters. The van der Waals surface area contributed by atoms with E-state index in [0.717, 1.165) is 38.4 Å². The second-order valence-corrected chi connectivity index (χ2v) is 7.57. The topological polar surface area (TPSA) is 46.8 Å². The molecule has 134 valence electrons. The van der Waals surface area contributed by atoms with Gasteiger partial charge in [-0.15, -0.1) is 0 Å². The van der Waals surface area contributed by atoms with Gasteiger partial charge in [-0.1, -0.05) is 19.3 Å². The van der Waals surface area contributed by atoms with Crippen LogP contribution in [0, 0.1) is 6.92 Å². The van der Waals surface area contributed by atoms with Crippen LogP contribution in [0.2, 0.25) is 0 Å². The maximum Gasteiger partial charge on any atom is 0.131 e. The number of nitrogens with zero attached hydrogens (tertiary/aromatic N) is 5. The molecular formula is C20H29N5. The summed E-state index contributed by atoms with van der Waals surface area (Å²) in [6.45, 7) is 8.25. The smallest absolute Gasteiger partial charge is 0.131 e. The van der Waals surface area contributed by atoms with Crippen LogP contribution in [-0.2, 0) is 26.1 Å². The highest BCUT2D eigenvalue weighted by atomic mass is 15.3. The quantitative estimate of drug-likeness (QED) is 0.854. The average molecular weight is 339 g/mol. The van der Waals surface area contributed by atoms with Gasteiger partial charge >= 0.3 is 0 Å². The Morgan fingerprint density at radius 1 is 1.16 bits per heavy atom. The molecule has 0 amide bonds. The zero-order chi connectivity index (χ0) is 17.2. The van der Waals surface area contributed by atoms with Gasteiger partial charge in [0.15, 0.2) is 0 Å². The van der Waals surface area contributed by atoms with Crippen LogP contribution in [0.4, 0.5) is 0 Å². The standard InChI is InChI=1S/C20H29N5/c1-3-25-15(2)17(12-22-25)13-24-10-9-19-18(14-24)11-21-20(23-19)16-7-5-4-6-8-16/h11-12,16H,3-10,13-14H2,1-2H3. The molecule has 2 aromatic rings. The van der Waals surface area contributed by atoms with E-state index in [9.17, 15) is 0 Å². The Balaban J connectivity index is 1.45. The van der Waals surface area contributed by atoms with Gasteiger partial charge in [-0.2, -0.15) is 5.10 Å². The van der Waals surface area contributed by atoms with E-state index in [2.05, 4.69) is 34.7 Å². The third-order valence-electron chi connectivity index (χ3n) is 5.90. The summed E-state index contributed by atoms with van der Waals surface area (Å²) in [5.74, 6) is 1.70. The molecule has 3 heterocycles. The number of hydrogen-bond acceptors (Lipinski definition) is 4. The molecule has 1 saturated carbocycles. The van der Waals surface area contributed by atoms with Crippen LogP contribution >= 0.6 is 0 Å². The predicted octanol–water partition coefficient (Wildman–Crippen LogP) is 3.61. The predicted molar refractivity (Wildman–Crippen MR) is 98.3 cm³/mol. The lowest BCUT2D eigenvalue weighted by Crippen LogP contribution is -2.31. The summed E-state index contributed by atoms with van der Waals surface area (Å²) in [4.78, 5) is 12.2. The van der Waals surface area contributed by atoms with Gasteiger partial charge in [0.2, 0.25) is 0 Å². The molecule has 25 heavy (non-hydrogen) atoms. The van der Waals surface area contributed by atoms with E-state index in [0.29, 0.717) is 5.92 Å². The second-order valence-electron chi connectivity index (χ2n) is 7.57. The second kappa shape index (κ2) is 7.24. The molecule has 1 aliphatic carbocycles. The van der Waals surface area contributed by atoms with Crippen molar-refractivity contribution in [2.75, 3.05) is 6.54 Å². The third-order valence-corrected chi connectivity index (χ3v) is 5.90. The largest absolute Gasteiger partial charge is 0.294 e. The van der Waals surface area contributed by atoms with Crippen LogP contribution in [0.15, 0.2) is 12.4 Å². The van der Waals surface area contributed by atoms with Crippen molar-refractivity contribution in [1.82, 2.24) is 24.6 Å². The minimum Gasteiger partial charge on any atom is -0.294 e. The van der Waals surface area contributed by atoms with Crippen molar-refractivity contribution in [2.45, 2.75) is 77.9 Å². The first-order valence-electron chi connectivity index (χ1n) is 9.83. The molecule has 0 radical (unpaired) electrons. The highest BCUT2D eigenvalue weighted by Gasteiger charge is 2.23. The van der Waals surface area contributed by atoms with Crippen molar-refractivity contribution in [3.63, 3.8) is 0 Å². The monoisotopic (exact) mass is 339 g/mol. The van der Waals surface area contributed by atoms with Crippen LogP contribution in [-0.4, -0.2) is 31.2 Å². The van der Waals surface area contributed by atoms with E-state index < -0.39 is 0 Å². The van der Waals surface area contributed by atoms with E-state index in [1.54, 1.807) is 0 Å². The molecule has 5 heteroatoms. The molecule has 0 bridgehead atoms. The normalized spacial score (nSPS) is 19.1. The Hall–Kier alpha value is -1.75. The Labute approximate surface area is 150 Å². The third kappa shape index (κ3) is 3.47. The maximum absolute atomic E-state index is 4.96. The number of fused-ring (bicyclic) bond motifs is 1. The summed E-state index contributed by atoms with van der Waals surface area (Å²) < 4.78 is 2.08. The molecular weight excluding hydrogens is 310 g/mol. The van der Waals surface area contributed by atoms with Crippen molar-refractivity contribution in [3.8, 4) is 0 Å².